The highest BCUT2D eigenvalue weighted by Gasteiger charge is 2.16. The van der Waals surface area contributed by atoms with E-state index in [0.29, 0.717) is 23.1 Å². The van der Waals surface area contributed by atoms with Gasteiger partial charge in [-0.25, -0.2) is 0 Å². The second-order valence-electron chi connectivity index (χ2n) is 13.6. The van der Waals surface area contributed by atoms with Gasteiger partial charge in [0.2, 0.25) is 0 Å². The Balaban J connectivity index is 0.00000230. The first-order chi connectivity index (χ1) is 23.3. The van der Waals surface area contributed by atoms with E-state index < -0.39 is 0 Å². The molecule has 1 aliphatic rings. The number of hydrogen-bond acceptors (Lipinski definition) is 4. The molecule has 0 bridgehead atoms. The van der Waals surface area contributed by atoms with Crippen molar-refractivity contribution in [2.24, 2.45) is 5.41 Å². The molecule has 1 heterocycles. The van der Waals surface area contributed by atoms with Crippen LogP contribution in [-0.4, -0.2) is 18.4 Å². The second kappa shape index (κ2) is 24.3. The first-order valence-corrected chi connectivity index (χ1v) is 18.6. The van der Waals surface area contributed by atoms with Gasteiger partial charge in [0, 0.05) is 18.7 Å². The lowest BCUT2D eigenvalue weighted by atomic mass is 9.93. The van der Waals surface area contributed by atoms with Gasteiger partial charge in [0.05, 0.1) is 11.7 Å². The van der Waals surface area contributed by atoms with E-state index in [1.54, 1.807) is 6.92 Å². The van der Waals surface area contributed by atoms with Crippen molar-refractivity contribution in [3.63, 3.8) is 0 Å². The molecule has 0 spiro atoms. The third-order valence-corrected chi connectivity index (χ3v) is 7.61. The Morgan fingerprint density at radius 2 is 1.67 bits per heavy atom. The minimum atomic E-state index is 0.000609. The summed E-state index contributed by atoms with van der Waals surface area (Å²) in [5, 5.41) is 13.5. The van der Waals surface area contributed by atoms with Gasteiger partial charge in [-0.3, -0.25) is 0 Å². The van der Waals surface area contributed by atoms with Crippen LogP contribution in [0.3, 0.4) is 0 Å². The van der Waals surface area contributed by atoms with Gasteiger partial charge >= 0.3 is 0 Å². The summed E-state index contributed by atoms with van der Waals surface area (Å²) in [4.78, 5) is 11.4. The van der Waals surface area contributed by atoms with Crippen LogP contribution in [0.1, 0.15) is 145 Å². The summed E-state index contributed by atoms with van der Waals surface area (Å²) in [7, 11) is 0. The molecule has 2 aromatic rings. The van der Waals surface area contributed by atoms with Crippen LogP contribution >= 0.6 is 0 Å². The number of hydrogen-bond donors (Lipinski definition) is 1. The molecule has 0 fully saturated rings. The van der Waals surface area contributed by atoms with Gasteiger partial charge in [0.1, 0.15) is 17.6 Å². The van der Waals surface area contributed by atoms with Gasteiger partial charge in [-0.05, 0) is 122 Å². The molecule has 1 aliphatic heterocycles. The lowest BCUT2D eigenvalue weighted by Gasteiger charge is -2.20. The third-order valence-electron chi connectivity index (χ3n) is 7.61. The molecule has 0 aromatic heterocycles. The number of carbonyl (C=O) groups excluding carboxylic acids is 1. The maximum absolute atomic E-state index is 11.4. The van der Waals surface area contributed by atoms with Crippen molar-refractivity contribution in [2.45, 2.75) is 142 Å². The van der Waals surface area contributed by atoms with E-state index in [2.05, 4.69) is 116 Å². The highest BCUT2D eigenvalue weighted by atomic mass is 16.5. The zero-order valence-electron chi connectivity index (χ0n) is 33.6. The topological polar surface area (TPSA) is 62.1 Å². The van der Waals surface area contributed by atoms with Crippen molar-refractivity contribution in [1.82, 2.24) is 5.32 Å². The number of carbonyl (C=O) groups is 1. The molecule has 0 aliphatic carbocycles. The molecule has 0 amide bonds. The number of nitriles is 1. The number of nitrogens with one attached hydrogen (secondary N) is 1. The molecule has 0 saturated heterocycles. The number of dihydropyridines is 1. The van der Waals surface area contributed by atoms with E-state index in [-0.39, 0.29) is 11.9 Å². The quantitative estimate of drug-likeness (QED) is 0.231. The third kappa shape index (κ3) is 16.9. The second-order valence-corrected chi connectivity index (χ2v) is 13.6. The van der Waals surface area contributed by atoms with E-state index in [1.165, 1.54) is 22.3 Å². The number of ketones is 1. The van der Waals surface area contributed by atoms with E-state index in [4.69, 9.17) is 4.74 Å². The van der Waals surface area contributed by atoms with Gasteiger partial charge in [-0.2, -0.15) is 5.26 Å². The number of rotatable bonds is 13. The molecule has 1 atom stereocenters. The molecule has 0 saturated carbocycles. The molecule has 4 nitrogen and oxygen atoms in total. The van der Waals surface area contributed by atoms with Crippen molar-refractivity contribution >= 4 is 11.9 Å². The molecule has 0 radical (unpaired) electrons. The van der Waals surface area contributed by atoms with Crippen LogP contribution in [0, 0.1) is 23.7 Å². The van der Waals surface area contributed by atoms with Crippen molar-refractivity contribution in [3.8, 4) is 22.9 Å². The summed E-state index contributed by atoms with van der Waals surface area (Å²) in [6.45, 7) is 29.9. The van der Waals surface area contributed by atoms with Crippen molar-refractivity contribution in [1.29, 1.82) is 5.26 Å². The van der Waals surface area contributed by atoms with Crippen LogP contribution in [0.15, 0.2) is 77.0 Å². The maximum atomic E-state index is 11.4. The highest BCUT2D eigenvalue weighted by Crippen LogP contribution is 2.32. The molecule has 1 unspecified atom stereocenters. The normalized spacial score (nSPS) is 13.3. The van der Waals surface area contributed by atoms with E-state index in [0.717, 1.165) is 61.0 Å². The minimum absolute atomic E-state index is 0.000609. The van der Waals surface area contributed by atoms with Crippen LogP contribution < -0.4 is 10.1 Å². The Morgan fingerprint density at radius 3 is 2.18 bits per heavy atom. The zero-order chi connectivity index (χ0) is 37.6. The summed E-state index contributed by atoms with van der Waals surface area (Å²) in [6, 6.07) is 14.6. The predicted molar refractivity (Wildman–Crippen MR) is 215 cm³/mol. The molecular formula is C45H68N2O2. The molecule has 270 valence electrons. The van der Waals surface area contributed by atoms with E-state index >= 15 is 0 Å². The maximum Gasteiger partial charge on any atom is 0.137 e. The van der Waals surface area contributed by atoms with Crippen LogP contribution in [0.2, 0.25) is 0 Å². The number of benzene rings is 2. The average molecular weight is 669 g/mol. The van der Waals surface area contributed by atoms with Crippen molar-refractivity contribution in [2.75, 3.05) is 6.54 Å². The van der Waals surface area contributed by atoms with Crippen LogP contribution in [0.4, 0.5) is 0 Å². The number of allylic oxidation sites excluding steroid dienone is 4. The molecule has 2 aromatic carbocycles. The zero-order valence-corrected chi connectivity index (χ0v) is 33.6. The van der Waals surface area contributed by atoms with Crippen LogP contribution in [-0.2, 0) is 4.79 Å². The fourth-order valence-electron chi connectivity index (χ4n) is 5.26. The highest BCUT2D eigenvalue weighted by molar-refractivity contribution is 5.76. The Labute approximate surface area is 301 Å². The lowest BCUT2D eigenvalue weighted by molar-refractivity contribution is -0.117. The Morgan fingerprint density at radius 1 is 1.02 bits per heavy atom. The number of Topliss-reactive ketones (excluding diaryl/α,β-unsaturated/α-hetero) is 1. The van der Waals surface area contributed by atoms with Crippen LogP contribution in [0.5, 0.6) is 5.75 Å². The Hall–Kier alpha value is -3.84. The van der Waals surface area contributed by atoms with E-state index in [9.17, 15) is 10.1 Å². The monoisotopic (exact) mass is 669 g/mol. The smallest absolute Gasteiger partial charge is 0.137 e. The molecule has 3 rings (SSSR count). The molecule has 4 heteroatoms. The first-order valence-electron chi connectivity index (χ1n) is 18.6. The average Bonchev–Trinajstić information content (AvgIpc) is 3.08. The Bertz CT molecular complexity index is 1450. The van der Waals surface area contributed by atoms with Crippen molar-refractivity contribution in [3.05, 3.63) is 93.7 Å². The van der Waals surface area contributed by atoms with Gasteiger partial charge in [0.25, 0.3) is 0 Å². The number of ether oxygens (including phenoxy) is 1. The summed E-state index contributed by atoms with van der Waals surface area (Å²) in [5.74, 6) is 0.816. The summed E-state index contributed by atoms with van der Waals surface area (Å²) in [6.07, 6.45) is 13.9. The standard InChI is InChI=1S/C36H44N2O2.C5H12.2C2H6/c1-7-12-33(15-10-13-26(5)39)40-36-20-18-30(22-32(36)23-37)34-16-11-14-29(27(34)6)21-25(4)35-19-17-31(24-38-35)28(8-2)9-3;1-5(2,3)4;2*1-2/h8,11,14,16-22,33,38H,7,9-10,12-13,15,24H2,1-6H3;1-4H3;2*1-2H3/b25-21+,28-8-;;;. The Kier molecular flexibility index (Phi) is 22.4. The van der Waals surface area contributed by atoms with Gasteiger partial charge in [-0.1, -0.05) is 112 Å². The van der Waals surface area contributed by atoms with Crippen LogP contribution in [0.25, 0.3) is 17.2 Å². The first kappa shape index (κ1) is 45.2. The van der Waals surface area contributed by atoms with E-state index in [1.807, 2.05) is 45.9 Å². The lowest BCUT2D eigenvalue weighted by Crippen LogP contribution is -2.21. The molecule has 49 heavy (non-hydrogen) atoms. The summed E-state index contributed by atoms with van der Waals surface area (Å²) >= 11 is 0. The fraction of sp³-hybridized carbons (Fsp3) is 0.511. The SMILES string of the molecule is C/C=C(/CC)C1=CC=C(/C(C)=C/c2cccc(-c3ccc(OC(CCC)CCCC(C)=O)c(C#N)c3)c2C)NC1.CC.CC.CC(C)(C)C. The summed E-state index contributed by atoms with van der Waals surface area (Å²) in [5.41, 5.74) is 10.5. The fourth-order valence-corrected chi connectivity index (χ4v) is 5.26. The largest absolute Gasteiger partial charge is 0.489 e. The minimum Gasteiger partial charge on any atom is -0.489 e. The summed E-state index contributed by atoms with van der Waals surface area (Å²) < 4.78 is 6.30. The molecule has 1 N–H and O–H groups in total. The van der Waals surface area contributed by atoms with Gasteiger partial charge in [-0.15, -0.1) is 0 Å². The van der Waals surface area contributed by atoms with Crippen molar-refractivity contribution < 1.29 is 9.53 Å². The van der Waals surface area contributed by atoms with Gasteiger partial charge in [0.15, 0.2) is 0 Å². The molecular weight excluding hydrogens is 601 g/mol. The number of nitrogens with zero attached hydrogens (tertiary/aromatic N) is 1. The predicted octanol–water partition coefficient (Wildman–Crippen LogP) is 13.1. The van der Waals surface area contributed by atoms with Gasteiger partial charge < -0.3 is 14.8 Å².